The first-order valence-corrected chi connectivity index (χ1v) is 5.83. The van der Waals surface area contributed by atoms with Gasteiger partial charge in [-0.1, -0.05) is 18.2 Å². The van der Waals surface area contributed by atoms with Crippen molar-refractivity contribution in [2.24, 2.45) is 0 Å². The number of ether oxygens (including phenoxy) is 1. The number of hydrogen-bond donors (Lipinski definition) is 2. The van der Waals surface area contributed by atoms with E-state index in [2.05, 4.69) is 21.9 Å². The third-order valence-corrected chi connectivity index (χ3v) is 2.30. The molecule has 0 aromatic heterocycles. The maximum absolute atomic E-state index is 12.2. The van der Waals surface area contributed by atoms with E-state index >= 15 is 0 Å². The van der Waals surface area contributed by atoms with Gasteiger partial charge in [-0.05, 0) is 19.1 Å². The summed E-state index contributed by atoms with van der Waals surface area (Å²) in [6.07, 6.45) is -3.28. The Bertz CT molecular complexity index is 475. The predicted molar refractivity (Wildman–Crippen MR) is 69.4 cm³/mol. The number of alkyl halides is 3. The summed E-state index contributed by atoms with van der Waals surface area (Å²) in [4.78, 5) is 11.6. The Hall–Kier alpha value is -2.18. The number of anilines is 1. The molecule has 0 bridgehead atoms. The SMILES string of the molecule is C=CCNC(=O)C(C)Nc1ccccc1OC(F)(F)F. The highest BCUT2D eigenvalue weighted by atomic mass is 19.4. The van der Waals surface area contributed by atoms with Gasteiger partial charge in [-0.15, -0.1) is 19.8 Å². The monoisotopic (exact) mass is 288 g/mol. The number of nitrogens with one attached hydrogen (secondary N) is 2. The van der Waals surface area contributed by atoms with Crippen molar-refractivity contribution in [1.82, 2.24) is 5.32 Å². The van der Waals surface area contributed by atoms with Crippen molar-refractivity contribution in [1.29, 1.82) is 0 Å². The second-order valence-electron chi connectivity index (χ2n) is 3.94. The van der Waals surface area contributed by atoms with Gasteiger partial charge in [-0.25, -0.2) is 0 Å². The average molecular weight is 288 g/mol. The zero-order chi connectivity index (χ0) is 15.2. The van der Waals surface area contributed by atoms with Crippen LogP contribution in [-0.2, 0) is 4.79 Å². The molecule has 7 heteroatoms. The van der Waals surface area contributed by atoms with Gasteiger partial charge in [0.2, 0.25) is 5.91 Å². The normalized spacial score (nSPS) is 12.4. The van der Waals surface area contributed by atoms with E-state index in [9.17, 15) is 18.0 Å². The molecule has 1 aromatic carbocycles. The lowest BCUT2D eigenvalue weighted by Gasteiger charge is -2.18. The van der Waals surface area contributed by atoms with E-state index in [0.717, 1.165) is 0 Å². The number of carbonyl (C=O) groups is 1. The largest absolute Gasteiger partial charge is 0.573 e. The summed E-state index contributed by atoms with van der Waals surface area (Å²) in [6.45, 7) is 5.26. The third kappa shape index (κ3) is 5.21. The Morgan fingerprint density at radius 3 is 2.70 bits per heavy atom. The van der Waals surface area contributed by atoms with Crippen LogP contribution in [0.15, 0.2) is 36.9 Å². The molecular formula is C13H15F3N2O2. The van der Waals surface area contributed by atoms with Gasteiger partial charge < -0.3 is 15.4 Å². The van der Waals surface area contributed by atoms with Gasteiger partial charge in [0.25, 0.3) is 0 Å². The van der Waals surface area contributed by atoms with Gasteiger partial charge in [0.1, 0.15) is 6.04 Å². The average Bonchev–Trinajstić information content (AvgIpc) is 2.36. The molecule has 1 aromatic rings. The summed E-state index contributed by atoms with van der Waals surface area (Å²) >= 11 is 0. The van der Waals surface area contributed by atoms with E-state index in [1.807, 2.05) is 0 Å². The molecule has 0 saturated carbocycles. The van der Waals surface area contributed by atoms with Crippen LogP contribution in [0.1, 0.15) is 6.92 Å². The van der Waals surface area contributed by atoms with Gasteiger partial charge in [-0.3, -0.25) is 4.79 Å². The lowest BCUT2D eigenvalue weighted by Crippen LogP contribution is -2.37. The number of para-hydroxylation sites is 2. The van der Waals surface area contributed by atoms with Crippen molar-refractivity contribution in [3.8, 4) is 5.75 Å². The van der Waals surface area contributed by atoms with Gasteiger partial charge in [0.05, 0.1) is 5.69 Å². The number of benzene rings is 1. The predicted octanol–water partition coefficient (Wildman–Crippen LogP) is 2.69. The van der Waals surface area contributed by atoms with Crippen molar-refractivity contribution in [2.75, 3.05) is 11.9 Å². The van der Waals surface area contributed by atoms with Crippen molar-refractivity contribution in [3.63, 3.8) is 0 Å². The Labute approximate surface area is 114 Å². The standard InChI is InChI=1S/C13H15F3N2O2/c1-3-8-17-12(19)9(2)18-10-6-4-5-7-11(10)20-13(14,15)16/h3-7,9,18H,1,8H2,2H3,(H,17,19). The minimum absolute atomic E-state index is 0.0890. The van der Waals surface area contributed by atoms with Gasteiger partial charge in [0, 0.05) is 6.54 Å². The van der Waals surface area contributed by atoms with Crippen LogP contribution in [0.5, 0.6) is 5.75 Å². The summed E-state index contributed by atoms with van der Waals surface area (Å²) < 4.78 is 40.6. The van der Waals surface area contributed by atoms with E-state index in [1.165, 1.54) is 31.2 Å². The maximum atomic E-state index is 12.2. The molecule has 1 rings (SSSR count). The quantitative estimate of drug-likeness (QED) is 0.791. The minimum Gasteiger partial charge on any atom is -0.404 e. The van der Waals surface area contributed by atoms with Crippen LogP contribution in [-0.4, -0.2) is 24.9 Å². The van der Waals surface area contributed by atoms with Crippen molar-refractivity contribution >= 4 is 11.6 Å². The number of carbonyl (C=O) groups excluding carboxylic acids is 1. The van der Waals surface area contributed by atoms with E-state index in [4.69, 9.17) is 0 Å². The van der Waals surface area contributed by atoms with E-state index in [0.29, 0.717) is 0 Å². The molecular weight excluding hydrogens is 273 g/mol. The smallest absolute Gasteiger partial charge is 0.404 e. The lowest BCUT2D eigenvalue weighted by molar-refractivity contribution is -0.274. The fourth-order valence-electron chi connectivity index (χ4n) is 1.42. The Balaban J connectivity index is 2.76. The third-order valence-electron chi connectivity index (χ3n) is 2.30. The molecule has 4 nitrogen and oxygen atoms in total. The molecule has 2 N–H and O–H groups in total. The van der Waals surface area contributed by atoms with Crippen LogP contribution in [0.25, 0.3) is 0 Å². The van der Waals surface area contributed by atoms with Gasteiger partial charge >= 0.3 is 6.36 Å². The van der Waals surface area contributed by atoms with E-state index < -0.39 is 12.4 Å². The highest BCUT2D eigenvalue weighted by Gasteiger charge is 2.32. The number of halogens is 3. The Morgan fingerprint density at radius 2 is 2.10 bits per heavy atom. The molecule has 0 aliphatic heterocycles. The topological polar surface area (TPSA) is 50.4 Å². The van der Waals surface area contributed by atoms with Crippen LogP contribution in [0, 0.1) is 0 Å². The van der Waals surface area contributed by atoms with Crippen LogP contribution in [0.4, 0.5) is 18.9 Å². The molecule has 0 fully saturated rings. The van der Waals surface area contributed by atoms with Crippen molar-refractivity contribution in [3.05, 3.63) is 36.9 Å². The summed E-state index contributed by atoms with van der Waals surface area (Å²) in [5.41, 5.74) is 0.0890. The summed E-state index contributed by atoms with van der Waals surface area (Å²) in [5, 5.41) is 5.21. The molecule has 0 radical (unpaired) electrons. The highest BCUT2D eigenvalue weighted by molar-refractivity contribution is 5.84. The maximum Gasteiger partial charge on any atom is 0.573 e. The van der Waals surface area contributed by atoms with Crippen LogP contribution in [0.2, 0.25) is 0 Å². The molecule has 110 valence electrons. The fraction of sp³-hybridized carbons (Fsp3) is 0.308. The van der Waals surface area contributed by atoms with Crippen LogP contribution < -0.4 is 15.4 Å². The van der Waals surface area contributed by atoms with E-state index in [-0.39, 0.29) is 23.9 Å². The summed E-state index contributed by atoms with van der Waals surface area (Å²) in [7, 11) is 0. The number of amides is 1. The van der Waals surface area contributed by atoms with Gasteiger partial charge in [-0.2, -0.15) is 0 Å². The molecule has 0 saturated heterocycles. The van der Waals surface area contributed by atoms with Crippen molar-refractivity contribution < 1.29 is 22.7 Å². The van der Waals surface area contributed by atoms with Gasteiger partial charge in [0.15, 0.2) is 5.75 Å². The molecule has 20 heavy (non-hydrogen) atoms. The Morgan fingerprint density at radius 1 is 1.45 bits per heavy atom. The second-order valence-corrected chi connectivity index (χ2v) is 3.94. The fourth-order valence-corrected chi connectivity index (χ4v) is 1.42. The molecule has 1 atom stereocenters. The second kappa shape index (κ2) is 6.83. The first-order chi connectivity index (χ1) is 9.33. The highest BCUT2D eigenvalue weighted by Crippen LogP contribution is 2.30. The van der Waals surface area contributed by atoms with Crippen LogP contribution >= 0.6 is 0 Å². The molecule has 0 spiro atoms. The molecule has 1 amide bonds. The first-order valence-electron chi connectivity index (χ1n) is 5.83. The zero-order valence-corrected chi connectivity index (χ0v) is 10.8. The first kappa shape index (κ1) is 15.9. The molecule has 1 unspecified atom stereocenters. The molecule has 0 aliphatic rings. The van der Waals surface area contributed by atoms with E-state index in [1.54, 1.807) is 6.07 Å². The number of hydrogen-bond acceptors (Lipinski definition) is 3. The molecule has 0 heterocycles. The molecule has 0 aliphatic carbocycles. The summed E-state index contributed by atoms with van der Waals surface area (Å²) in [5.74, 6) is -0.741. The lowest BCUT2D eigenvalue weighted by atomic mass is 10.2. The zero-order valence-electron chi connectivity index (χ0n) is 10.8. The Kier molecular flexibility index (Phi) is 5.42. The van der Waals surface area contributed by atoms with Crippen molar-refractivity contribution in [2.45, 2.75) is 19.3 Å². The number of rotatable bonds is 6. The minimum atomic E-state index is -4.79. The summed E-state index contributed by atoms with van der Waals surface area (Å²) in [6, 6.07) is 4.81. The van der Waals surface area contributed by atoms with Crippen LogP contribution in [0.3, 0.4) is 0 Å².